The molecule has 4 heteroatoms. The van der Waals surface area contributed by atoms with E-state index >= 15 is 0 Å². The first-order valence-electron chi connectivity index (χ1n) is 21.9. The molecule has 7 aromatic carbocycles. The lowest BCUT2D eigenvalue weighted by Gasteiger charge is -2.33. The summed E-state index contributed by atoms with van der Waals surface area (Å²) in [7, 11) is 0. The van der Waals surface area contributed by atoms with Crippen molar-refractivity contribution in [3.05, 3.63) is 192 Å². The van der Waals surface area contributed by atoms with Gasteiger partial charge in [-0.3, -0.25) is 0 Å². The van der Waals surface area contributed by atoms with Crippen LogP contribution in [0.15, 0.2) is 170 Å². The number of imidazole rings is 1. The van der Waals surface area contributed by atoms with Crippen molar-refractivity contribution >= 4 is 11.0 Å². The molecule has 0 fully saturated rings. The smallest absolute Gasteiger partial charge is 0.392 e. The fraction of sp³-hybridized carbons (Fsp3) is 0.172. The lowest BCUT2D eigenvalue weighted by molar-refractivity contribution is -0.997. The summed E-state index contributed by atoms with van der Waals surface area (Å²) in [5.41, 5.74) is 21.3. The minimum absolute atomic E-state index is 0.0909. The third kappa shape index (κ3) is 5.07. The van der Waals surface area contributed by atoms with Gasteiger partial charge in [0.25, 0.3) is 0 Å². The van der Waals surface area contributed by atoms with E-state index in [2.05, 4.69) is 232 Å². The normalized spacial score (nSPS) is 15.5. The van der Waals surface area contributed by atoms with Crippen LogP contribution >= 0.6 is 0 Å². The number of nitrogens with zero attached hydrogens (tertiary/aromatic N) is 3. The molecule has 0 radical (unpaired) electrons. The summed E-state index contributed by atoms with van der Waals surface area (Å²) in [5, 5.41) is 0. The van der Waals surface area contributed by atoms with Crippen molar-refractivity contribution in [1.29, 1.82) is 0 Å². The number of aryl methyl sites for hydroxylation is 1. The summed E-state index contributed by atoms with van der Waals surface area (Å²) < 4.78 is 15.2. The lowest BCUT2D eigenvalue weighted by atomic mass is 9.79. The molecule has 0 N–H and O–H groups in total. The summed E-state index contributed by atoms with van der Waals surface area (Å²) in [4.78, 5) is 0. The zero-order valence-corrected chi connectivity index (χ0v) is 36.4. The van der Waals surface area contributed by atoms with Crippen LogP contribution in [0.5, 0.6) is 5.75 Å². The van der Waals surface area contributed by atoms with Crippen LogP contribution < -0.4 is 13.9 Å². The molecule has 62 heavy (non-hydrogen) atoms. The molecule has 0 saturated heterocycles. The highest BCUT2D eigenvalue weighted by molar-refractivity contribution is 5.99. The van der Waals surface area contributed by atoms with Gasteiger partial charge in [0.1, 0.15) is 22.6 Å². The Bertz CT molecular complexity index is 3330. The zero-order chi connectivity index (χ0) is 42.3. The van der Waals surface area contributed by atoms with E-state index in [1.807, 2.05) is 0 Å². The molecule has 5 heterocycles. The number of benzene rings is 7. The number of hydrogen-bond donors (Lipinski definition) is 0. The Hall–Kier alpha value is -7.04. The molecule has 12 rings (SSSR count). The van der Waals surface area contributed by atoms with Crippen molar-refractivity contribution in [2.45, 2.75) is 65.1 Å². The van der Waals surface area contributed by atoms with Crippen molar-refractivity contribution in [2.24, 2.45) is 0 Å². The van der Waals surface area contributed by atoms with Crippen LogP contribution in [0.2, 0.25) is 0 Å². The van der Waals surface area contributed by atoms with Crippen LogP contribution in [-0.4, -0.2) is 4.57 Å². The van der Waals surface area contributed by atoms with Crippen LogP contribution in [0.25, 0.3) is 83.9 Å². The quantitative estimate of drug-likeness (QED) is 0.162. The molecule has 4 nitrogen and oxygen atoms in total. The fourth-order valence-corrected chi connectivity index (χ4v) is 10.5. The van der Waals surface area contributed by atoms with Crippen LogP contribution in [0.4, 0.5) is 0 Å². The topological polar surface area (TPSA) is 21.9 Å². The summed E-state index contributed by atoms with van der Waals surface area (Å²) in [5.74, 6) is 0.911. The Balaban J connectivity index is 1.26. The highest BCUT2D eigenvalue weighted by Gasteiger charge is 2.68. The van der Waals surface area contributed by atoms with Gasteiger partial charge in [-0.15, -0.1) is 9.13 Å². The van der Waals surface area contributed by atoms with Crippen molar-refractivity contribution in [2.75, 3.05) is 0 Å². The van der Waals surface area contributed by atoms with Crippen molar-refractivity contribution in [1.82, 2.24) is 4.57 Å². The lowest BCUT2D eigenvalue weighted by Crippen LogP contribution is -2.78. The average molecular weight is 804 g/mol. The first-order valence-corrected chi connectivity index (χ1v) is 21.9. The largest absolute Gasteiger partial charge is 0.499 e. The molecule has 300 valence electrons. The van der Waals surface area contributed by atoms with E-state index < -0.39 is 5.85 Å². The molecule has 1 unspecified atom stereocenters. The molecule has 9 aromatic rings. The summed E-state index contributed by atoms with van der Waals surface area (Å²) in [6.45, 7) is 16.1. The van der Waals surface area contributed by atoms with Crippen LogP contribution in [-0.2, 0) is 16.7 Å². The Labute approximate surface area is 364 Å². The van der Waals surface area contributed by atoms with E-state index in [0.29, 0.717) is 0 Å². The van der Waals surface area contributed by atoms with Gasteiger partial charge in [-0.1, -0.05) is 150 Å². The number of fused-ring (bicyclic) bond motifs is 5. The summed E-state index contributed by atoms with van der Waals surface area (Å²) in [6, 6.07) is 60.8. The Morgan fingerprint density at radius 1 is 0.516 bits per heavy atom. The Morgan fingerprint density at radius 3 is 1.89 bits per heavy atom. The van der Waals surface area contributed by atoms with Gasteiger partial charge in [-0.2, -0.15) is 4.57 Å². The monoisotopic (exact) mass is 803 g/mol. The van der Waals surface area contributed by atoms with Gasteiger partial charge in [-0.05, 0) is 105 Å². The highest BCUT2D eigenvalue weighted by atomic mass is 16.5. The van der Waals surface area contributed by atoms with Crippen molar-refractivity contribution < 1.29 is 13.9 Å². The van der Waals surface area contributed by atoms with E-state index in [1.165, 1.54) is 72.3 Å². The number of ether oxygens (including phenoxy) is 1. The molecule has 3 aliphatic rings. The number of rotatable bonds is 4. The molecular formula is C58H49N3O+2. The van der Waals surface area contributed by atoms with Gasteiger partial charge in [0.2, 0.25) is 5.69 Å². The summed E-state index contributed by atoms with van der Waals surface area (Å²) in [6.07, 6.45) is 2.27. The van der Waals surface area contributed by atoms with Crippen LogP contribution in [0.3, 0.4) is 0 Å². The van der Waals surface area contributed by atoms with E-state index in [1.54, 1.807) is 0 Å². The van der Waals surface area contributed by atoms with E-state index in [0.717, 1.165) is 39.6 Å². The summed E-state index contributed by atoms with van der Waals surface area (Å²) >= 11 is 0. The second-order valence-electron chi connectivity index (χ2n) is 19.5. The van der Waals surface area contributed by atoms with E-state index in [-0.39, 0.29) is 10.8 Å². The van der Waals surface area contributed by atoms with Gasteiger partial charge in [0.05, 0.1) is 5.56 Å². The van der Waals surface area contributed by atoms with Crippen molar-refractivity contribution in [3.63, 3.8) is 0 Å². The predicted octanol–water partition coefficient (Wildman–Crippen LogP) is 13.3. The minimum atomic E-state index is -1.04. The maximum absolute atomic E-state index is 7.72. The number of hydrogen-bond acceptors (Lipinski definition) is 1. The molecule has 2 aromatic heterocycles. The molecule has 0 bridgehead atoms. The molecule has 0 amide bonds. The van der Waals surface area contributed by atoms with Crippen molar-refractivity contribution in [3.8, 4) is 78.6 Å². The standard InChI is InChI=1S/C58H49N3O/c1-36-25-27-37(28-26-36)40-29-30-59-50(31-40)47-33-41(56(2,3)4)32-46-42-22-16-23-49-54(42)61-55(43-21-14-15-24-52(43)62-58(59,61)53(46)47)60(49)51-35-44(38-17-10-8-11-18-38)48(57(5,6)7)34-45(51)39-19-12-9-13-20-39/h8-35H,1-7H3/q+2. The predicted molar refractivity (Wildman–Crippen MR) is 252 cm³/mol. The number of pyridine rings is 1. The minimum Gasteiger partial charge on any atom is -0.392 e. The van der Waals surface area contributed by atoms with Gasteiger partial charge in [0.15, 0.2) is 17.2 Å². The molecular weight excluding hydrogens is 755 g/mol. The number of aromatic nitrogens is 3. The average Bonchev–Trinajstić information content (AvgIpc) is 3.77. The molecule has 0 saturated carbocycles. The molecule has 1 atom stereocenters. The van der Waals surface area contributed by atoms with Gasteiger partial charge < -0.3 is 4.74 Å². The van der Waals surface area contributed by atoms with E-state index in [4.69, 9.17) is 4.74 Å². The Morgan fingerprint density at radius 2 is 1.18 bits per heavy atom. The number of para-hydroxylation sites is 2. The van der Waals surface area contributed by atoms with Crippen LogP contribution in [0, 0.1) is 6.92 Å². The van der Waals surface area contributed by atoms with Gasteiger partial charge >= 0.3 is 11.7 Å². The molecule has 1 spiro atoms. The third-order valence-corrected chi connectivity index (χ3v) is 13.5. The van der Waals surface area contributed by atoms with Crippen LogP contribution in [0.1, 0.15) is 63.8 Å². The molecule has 0 aliphatic carbocycles. The van der Waals surface area contributed by atoms with Gasteiger partial charge in [0, 0.05) is 28.8 Å². The zero-order valence-electron chi connectivity index (χ0n) is 36.4. The fourth-order valence-electron chi connectivity index (χ4n) is 10.5. The first kappa shape index (κ1) is 36.8. The Kier molecular flexibility index (Phi) is 7.56. The SMILES string of the molecule is Cc1ccc(-c2cc[n+]3c(c2)-c2cc(C(C)(C)C)cc4c2C32Oc3ccccc3-c3n(-c5cc(-c6ccccc6)c(C(C)(C)C)cc5-c5ccccc5)c5cccc-4c5[n+]32)cc1. The van der Waals surface area contributed by atoms with E-state index in [9.17, 15) is 0 Å². The second kappa shape index (κ2) is 12.7. The maximum Gasteiger partial charge on any atom is 0.499 e. The molecule has 3 aliphatic heterocycles. The third-order valence-electron chi connectivity index (χ3n) is 13.5. The maximum atomic E-state index is 7.72. The first-order chi connectivity index (χ1) is 29.9. The van der Waals surface area contributed by atoms with Gasteiger partial charge in [-0.25, -0.2) is 0 Å². The highest BCUT2D eigenvalue weighted by Crippen LogP contribution is 2.55. The second-order valence-corrected chi connectivity index (χ2v) is 19.5.